The van der Waals surface area contributed by atoms with Gasteiger partial charge in [0.25, 0.3) is 0 Å². The Bertz CT molecular complexity index is 688. The Balaban J connectivity index is 1.41. The van der Waals surface area contributed by atoms with Gasteiger partial charge in [0.2, 0.25) is 0 Å². The fourth-order valence-corrected chi connectivity index (χ4v) is 4.06. The van der Waals surface area contributed by atoms with Gasteiger partial charge in [-0.15, -0.1) is 0 Å². The van der Waals surface area contributed by atoms with Crippen molar-refractivity contribution < 1.29 is 4.74 Å². The van der Waals surface area contributed by atoms with Crippen LogP contribution in [0.2, 0.25) is 0 Å². The second-order valence-electron chi connectivity index (χ2n) is 7.20. The van der Waals surface area contributed by atoms with Crippen LogP contribution in [0.3, 0.4) is 0 Å². The summed E-state index contributed by atoms with van der Waals surface area (Å²) in [5.41, 5.74) is 2.99. The molecule has 1 saturated carbocycles. The Morgan fingerprint density at radius 1 is 0.875 bits per heavy atom. The van der Waals surface area contributed by atoms with E-state index in [0.717, 1.165) is 48.5 Å². The van der Waals surface area contributed by atoms with E-state index in [-0.39, 0.29) is 0 Å². The molecule has 4 rings (SSSR count). The lowest BCUT2D eigenvalue weighted by atomic mass is 9.97. The zero-order chi connectivity index (χ0) is 16.4. The van der Waals surface area contributed by atoms with Crippen molar-refractivity contribution in [1.29, 1.82) is 0 Å². The fraction of sp³-hybridized carbons (Fsp3) is 0.600. The molecule has 0 radical (unpaired) electrons. The summed E-state index contributed by atoms with van der Waals surface area (Å²) in [5, 5.41) is 0. The summed E-state index contributed by atoms with van der Waals surface area (Å²) in [7, 11) is 0. The monoisotopic (exact) mass is 325 g/mol. The molecule has 1 aliphatic carbocycles. The maximum atomic E-state index is 6.35. The molecule has 0 bridgehead atoms. The van der Waals surface area contributed by atoms with Crippen LogP contribution in [0.15, 0.2) is 24.3 Å². The van der Waals surface area contributed by atoms with E-state index in [4.69, 9.17) is 14.7 Å². The lowest BCUT2D eigenvalue weighted by Crippen LogP contribution is -2.39. The largest absolute Gasteiger partial charge is 0.375 e. The Kier molecular flexibility index (Phi) is 4.65. The first-order valence-corrected chi connectivity index (χ1v) is 9.43. The number of benzene rings is 1. The Morgan fingerprint density at radius 2 is 1.50 bits per heavy atom. The van der Waals surface area contributed by atoms with Crippen molar-refractivity contribution in [3.05, 3.63) is 30.0 Å². The van der Waals surface area contributed by atoms with Crippen LogP contribution in [0.4, 0.5) is 5.82 Å². The SMILES string of the molecule is Cc1nc2ccccc2nc1N1CCC(OC2CCCCC2)CC1. The summed E-state index contributed by atoms with van der Waals surface area (Å²) < 4.78 is 6.35. The standard InChI is InChI=1S/C20H27N3O/c1-15-20(22-19-10-6-5-9-18(19)21-15)23-13-11-17(12-14-23)24-16-7-3-2-4-8-16/h5-6,9-10,16-17H,2-4,7-8,11-14H2,1H3. The molecule has 0 amide bonds. The lowest BCUT2D eigenvalue weighted by Gasteiger charge is -2.35. The van der Waals surface area contributed by atoms with Gasteiger partial charge in [-0.2, -0.15) is 0 Å². The van der Waals surface area contributed by atoms with E-state index in [1.54, 1.807) is 0 Å². The molecule has 2 heterocycles. The van der Waals surface area contributed by atoms with E-state index in [9.17, 15) is 0 Å². The van der Waals surface area contributed by atoms with Gasteiger partial charge in [0, 0.05) is 13.1 Å². The summed E-state index contributed by atoms with van der Waals surface area (Å²) in [5.74, 6) is 1.05. The Morgan fingerprint density at radius 3 is 2.21 bits per heavy atom. The maximum Gasteiger partial charge on any atom is 0.150 e. The number of hydrogen-bond acceptors (Lipinski definition) is 4. The highest BCUT2D eigenvalue weighted by molar-refractivity contribution is 5.76. The molecule has 1 saturated heterocycles. The number of aromatic nitrogens is 2. The van der Waals surface area contributed by atoms with Gasteiger partial charge in [-0.05, 0) is 44.7 Å². The van der Waals surface area contributed by atoms with E-state index in [1.807, 2.05) is 24.3 Å². The lowest BCUT2D eigenvalue weighted by molar-refractivity contribution is -0.0395. The van der Waals surface area contributed by atoms with Crippen molar-refractivity contribution in [2.75, 3.05) is 18.0 Å². The van der Waals surface area contributed by atoms with Gasteiger partial charge in [0.1, 0.15) is 0 Å². The van der Waals surface area contributed by atoms with Crippen LogP contribution in [0.5, 0.6) is 0 Å². The average molecular weight is 325 g/mol. The minimum Gasteiger partial charge on any atom is -0.375 e. The predicted molar refractivity (Wildman–Crippen MR) is 97.5 cm³/mol. The van der Waals surface area contributed by atoms with Crippen LogP contribution in [-0.2, 0) is 4.74 Å². The topological polar surface area (TPSA) is 38.2 Å². The van der Waals surface area contributed by atoms with Crippen molar-refractivity contribution in [2.24, 2.45) is 0 Å². The molecule has 1 aliphatic heterocycles. The van der Waals surface area contributed by atoms with E-state index < -0.39 is 0 Å². The van der Waals surface area contributed by atoms with Crippen molar-refractivity contribution in [1.82, 2.24) is 9.97 Å². The molecular formula is C20H27N3O. The van der Waals surface area contributed by atoms with E-state index in [1.165, 1.54) is 32.1 Å². The van der Waals surface area contributed by atoms with Crippen molar-refractivity contribution in [2.45, 2.75) is 64.1 Å². The fourth-order valence-electron chi connectivity index (χ4n) is 4.06. The van der Waals surface area contributed by atoms with Gasteiger partial charge in [0.05, 0.1) is 28.9 Å². The van der Waals surface area contributed by atoms with Crippen LogP contribution in [-0.4, -0.2) is 35.3 Å². The van der Waals surface area contributed by atoms with Crippen LogP contribution in [0, 0.1) is 6.92 Å². The van der Waals surface area contributed by atoms with Crippen molar-refractivity contribution in [3.8, 4) is 0 Å². The molecular weight excluding hydrogens is 298 g/mol. The normalized spacial score (nSPS) is 20.6. The summed E-state index contributed by atoms with van der Waals surface area (Å²) in [4.78, 5) is 12.0. The third kappa shape index (κ3) is 3.39. The highest BCUT2D eigenvalue weighted by atomic mass is 16.5. The highest BCUT2D eigenvalue weighted by Gasteiger charge is 2.25. The molecule has 1 aromatic carbocycles. The van der Waals surface area contributed by atoms with Crippen LogP contribution < -0.4 is 4.90 Å². The zero-order valence-electron chi connectivity index (χ0n) is 14.6. The predicted octanol–water partition coefficient (Wildman–Crippen LogP) is 4.26. The summed E-state index contributed by atoms with van der Waals surface area (Å²) in [6.45, 7) is 4.11. The molecule has 128 valence electrons. The van der Waals surface area contributed by atoms with E-state index in [2.05, 4.69) is 11.8 Å². The Labute approximate surface area is 144 Å². The molecule has 1 aromatic heterocycles. The summed E-state index contributed by atoms with van der Waals surface area (Å²) >= 11 is 0. The third-order valence-corrected chi connectivity index (χ3v) is 5.40. The summed E-state index contributed by atoms with van der Waals surface area (Å²) in [6, 6.07) is 8.12. The van der Waals surface area contributed by atoms with E-state index >= 15 is 0 Å². The third-order valence-electron chi connectivity index (χ3n) is 5.40. The smallest absolute Gasteiger partial charge is 0.150 e. The summed E-state index contributed by atoms with van der Waals surface area (Å²) in [6.07, 6.45) is 9.73. The Hall–Kier alpha value is -1.68. The molecule has 0 N–H and O–H groups in total. The minimum absolute atomic E-state index is 0.429. The molecule has 4 nitrogen and oxygen atoms in total. The molecule has 2 fully saturated rings. The number of nitrogens with zero attached hydrogens (tertiary/aromatic N) is 3. The number of anilines is 1. The van der Waals surface area contributed by atoms with Gasteiger partial charge < -0.3 is 9.64 Å². The van der Waals surface area contributed by atoms with Crippen molar-refractivity contribution >= 4 is 16.9 Å². The van der Waals surface area contributed by atoms with Crippen LogP contribution in [0.25, 0.3) is 11.0 Å². The molecule has 0 atom stereocenters. The second kappa shape index (κ2) is 7.06. The first kappa shape index (κ1) is 15.8. The number of ether oxygens (including phenoxy) is 1. The van der Waals surface area contributed by atoms with Gasteiger partial charge >= 0.3 is 0 Å². The van der Waals surface area contributed by atoms with Gasteiger partial charge in [-0.1, -0.05) is 31.4 Å². The average Bonchev–Trinajstić information content (AvgIpc) is 2.63. The molecule has 2 aliphatic rings. The number of aryl methyl sites for hydroxylation is 1. The van der Waals surface area contributed by atoms with Gasteiger partial charge in [-0.25, -0.2) is 9.97 Å². The number of para-hydroxylation sites is 2. The van der Waals surface area contributed by atoms with Gasteiger partial charge in [-0.3, -0.25) is 0 Å². The highest BCUT2D eigenvalue weighted by Crippen LogP contribution is 2.27. The molecule has 2 aromatic rings. The number of rotatable bonds is 3. The molecule has 0 spiro atoms. The van der Waals surface area contributed by atoms with Crippen LogP contribution in [0.1, 0.15) is 50.6 Å². The first-order valence-electron chi connectivity index (χ1n) is 9.43. The molecule has 4 heteroatoms. The quantitative estimate of drug-likeness (QED) is 0.845. The molecule has 0 unspecified atom stereocenters. The van der Waals surface area contributed by atoms with Gasteiger partial charge in [0.15, 0.2) is 5.82 Å². The zero-order valence-corrected chi connectivity index (χ0v) is 14.6. The number of fused-ring (bicyclic) bond motifs is 1. The molecule has 24 heavy (non-hydrogen) atoms. The first-order chi connectivity index (χ1) is 11.8. The minimum atomic E-state index is 0.429. The number of piperidine rings is 1. The maximum absolute atomic E-state index is 6.35. The second-order valence-corrected chi connectivity index (χ2v) is 7.20. The van der Waals surface area contributed by atoms with Crippen molar-refractivity contribution in [3.63, 3.8) is 0 Å². The van der Waals surface area contributed by atoms with Crippen LogP contribution >= 0.6 is 0 Å². The number of hydrogen-bond donors (Lipinski definition) is 0. The van der Waals surface area contributed by atoms with E-state index in [0.29, 0.717) is 12.2 Å².